The van der Waals surface area contributed by atoms with E-state index in [1.165, 1.54) is 37.7 Å². The second kappa shape index (κ2) is 6.25. The van der Waals surface area contributed by atoms with Crippen LogP contribution in [0, 0.1) is 11.8 Å². The normalized spacial score (nSPS) is 30.4. The standard InChI is InChI=1S/C17H23Cl2N/c1-11-2-3-13(10-20-14-5-6-14)15(8-11)12-4-7-16(18)17(19)9-12/h4,7,9,11,13-15,20H,2-3,5-6,8,10H2,1H3. The Labute approximate surface area is 132 Å². The maximum atomic E-state index is 6.21. The number of nitrogens with one attached hydrogen (secondary N) is 1. The first-order valence-corrected chi connectivity index (χ1v) is 8.57. The van der Waals surface area contributed by atoms with Gasteiger partial charge in [0.05, 0.1) is 10.0 Å². The first-order valence-electron chi connectivity index (χ1n) is 7.82. The second-order valence-corrected chi connectivity index (χ2v) is 7.46. The van der Waals surface area contributed by atoms with Gasteiger partial charge >= 0.3 is 0 Å². The molecule has 0 amide bonds. The van der Waals surface area contributed by atoms with Gasteiger partial charge in [0.2, 0.25) is 0 Å². The third-order valence-corrected chi connectivity index (χ3v) is 5.61. The fraction of sp³-hybridized carbons (Fsp3) is 0.647. The smallest absolute Gasteiger partial charge is 0.0595 e. The largest absolute Gasteiger partial charge is 0.314 e. The van der Waals surface area contributed by atoms with Gasteiger partial charge in [0, 0.05) is 6.04 Å². The van der Waals surface area contributed by atoms with E-state index >= 15 is 0 Å². The fourth-order valence-corrected chi connectivity index (χ4v) is 3.75. The van der Waals surface area contributed by atoms with Gasteiger partial charge in [-0.1, -0.05) is 42.6 Å². The monoisotopic (exact) mass is 311 g/mol. The van der Waals surface area contributed by atoms with Gasteiger partial charge in [-0.05, 0) is 67.7 Å². The highest BCUT2D eigenvalue weighted by atomic mass is 35.5. The Balaban J connectivity index is 1.75. The molecule has 2 aliphatic rings. The summed E-state index contributed by atoms with van der Waals surface area (Å²) in [7, 11) is 0. The zero-order valence-electron chi connectivity index (χ0n) is 12.0. The van der Waals surface area contributed by atoms with Gasteiger partial charge in [-0.2, -0.15) is 0 Å². The molecule has 3 rings (SSSR count). The number of halogens is 2. The van der Waals surface area contributed by atoms with Crippen molar-refractivity contribution in [2.75, 3.05) is 6.54 Å². The first kappa shape index (κ1) is 14.7. The van der Waals surface area contributed by atoms with Crippen LogP contribution in [0.1, 0.15) is 50.5 Å². The zero-order chi connectivity index (χ0) is 14.1. The summed E-state index contributed by atoms with van der Waals surface area (Å²) in [5.74, 6) is 2.18. The Morgan fingerprint density at radius 1 is 1.10 bits per heavy atom. The highest BCUT2D eigenvalue weighted by molar-refractivity contribution is 6.42. The molecule has 0 heterocycles. The average molecular weight is 312 g/mol. The third kappa shape index (κ3) is 3.50. The van der Waals surface area contributed by atoms with E-state index < -0.39 is 0 Å². The van der Waals surface area contributed by atoms with E-state index in [4.69, 9.17) is 23.2 Å². The molecule has 0 aromatic heterocycles. The van der Waals surface area contributed by atoms with Gasteiger partial charge in [-0.15, -0.1) is 0 Å². The van der Waals surface area contributed by atoms with E-state index in [0.29, 0.717) is 16.0 Å². The summed E-state index contributed by atoms with van der Waals surface area (Å²) in [6.07, 6.45) is 6.68. The molecule has 3 unspecified atom stereocenters. The summed E-state index contributed by atoms with van der Waals surface area (Å²) in [5.41, 5.74) is 1.37. The van der Waals surface area contributed by atoms with Crippen molar-refractivity contribution in [2.24, 2.45) is 11.8 Å². The van der Waals surface area contributed by atoms with Crippen LogP contribution in [-0.2, 0) is 0 Å². The molecule has 1 aromatic carbocycles. The predicted molar refractivity (Wildman–Crippen MR) is 86.7 cm³/mol. The van der Waals surface area contributed by atoms with Crippen LogP contribution in [0.2, 0.25) is 10.0 Å². The summed E-state index contributed by atoms with van der Waals surface area (Å²) < 4.78 is 0. The van der Waals surface area contributed by atoms with Crippen molar-refractivity contribution in [3.05, 3.63) is 33.8 Å². The summed E-state index contributed by atoms with van der Waals surface area (Å²) in [6.45, 7) is 3.53. The molecular formula is C17H23Cl2N. The van der Waals surface area contributed by atoms with Gasteiger partial charge in [0.1, 0.15) is 0 Å². The second-order valence-electron chi connectivity index (χ2n) is 6.64. The van der Waals surface area contributed by atoms with Crippen LogP contribution in [0.15, 0.2) is 18.2 Å². The van der Waals surface area contributed by atoms with Crippen molar-refractivity contribution < 1.29 is 0 Å². The Morgan fingerprint density at radius 3 is 2.60 bits per heavy atom. The number of benzene rings is 1. The predicted octanol–water partition coefficient (Wildman–Crippen LogP) is 5.27. The van der Waals surface area contributed by atoms with Crippen LogP contribution >= 0.6 is 23.2 Å². The molecule has 0 aliphatic heterocycles. The SMILES string of the molecule is CC1CCC(CNC2CC2)C(c2ccc(Cl)c(Cl)c2)C1. The molecule has 0 radical (unpaired) electrons. The lowest BCUT2D eigenvalue weighted by Crippen LogP contribution is -2.32. The molecule has 1 aromatic rings. The lowest BCUT2D eigenvalue weighted by Gasteiger charge is -2.35. The summed E-state index contributed by atoms with van der Waals surface area (Å²) in [4.78, 5) is 0. The highest BCUT2D eigenvalue weighted by Crippen LogP contribution is 2.41. The quantitative estimate of drug-likeness (QED) is 0.799. The van der Waals surface area contributed by atoms with Crippen LogP contribution in [0.3, 0.4) is 0 Å². The van der Waals surface area contributed by atoms with Gasteiger partial charge in [0.25, 0.3) is 0 Å². The molecule has 20 heavy (non-hydrogen) atoms. The number of hydrogen-bond donors (Lipinski definition) is 1. The maximum absolute atomic E-state index is 6.21. The average Bonchev–Trinajstić information content (AvgIpc) is 3.24. The summed E-state index contributed by atoms with van der Waals surface area (Å²) >= 11 is 12.3. The molecule has 110 valence electrons. The lowest BCUT2D eigenvalue weighted by atomic mass is 9.71. The molecule has 3 atom stereocenters. The molecular weight excluding hydrogens is 289 g/mol. The number of hydrogen-bond acceptors (Lipinski definition) is 1. The van der Waals surface area contributed by atoms with Gasteiger partial charge in [-0.3, -0.25) is 0 Å². The van der Waals surface area contributed by atoms with Crippen molar-refractivity contribution in [2.45, 2.75) is 51.0 Å². The Bertz CT molecular complexity index is 470. The van der Waals surface area contributed by atoms with E-state index in [-0.39, 0.29) is 0 Å². The molecule has 1 N–H and O–H groups in total. The van der Waals surface area contributed by atoms with Crippen molar-refractivity contribution in [3.8, 4) is 0 Å². The van der Waals surface area contributed by atoms with E-state index in [0.717, 1.165) is 24.4 Å². The van der Waals surface area contributed by atoms with Gasteiger partial charge in [0.15, 0.2) is 0 Å². The topological polar surface area (TPSA) is 12.0 Å². The van der Waals surface area contributed by atoms with Crippen LogP contribution in [-0.4, -0.2) is 12.6 Å². The fourth-order valence-electron chi connectivity index (χ4n) is 3.44. The molecule has 2 saturated carbocycles. The third-order valence-electron chi connectivity index (χ3n) is 4.87. The van der Waals surface area contributed by atoms with Crippen molar-refractivity contribution in [1.29, 1.82) is 0 Å². The van der Waals surface area contributed by atoms with E-state index in [1.54, 1.807) is 0 Å². The Kier molecular flexibility index (Phi) is 4.59. The van der Waals surface area contributed by atoms with E-state index in [1.807, 2.05) is 6.07 Å². The van der Waals surface area contributed by atoms with E-state index in [2.05, 4.69) is 24.4 Å². The van der Waals surface area contributed by atoms with Crippen molar-refractivity contribution in [1.82, 2.24) is 5.32 Å². The van der Waals surface area contributed by atoms with Crippen LogP contribution in [0.4, 0.5) is 0 Å². The minimum Gasteiger partial charge on any atom is -0.314 e. The van der Waals surface area contributed by atoms with E-state index in [9.17, 15) is 0 Å². The number of rotatable bonds is 4. The molecule has 1 nitrogen and oxygen atoms in total. The molecule has 0 saturated heterocycles. The first-order chi connectivity index (χ1) is 9.63. The molecule has 2 fully saturated rings. The molecule has 2 aliphatic carbocycles. The zero-order valence-corrected chi connectivity index (χ0v) is 13.6. The van der Waals surface area contributed by atoms with Crippen LogP contribution < -0.4 is 5.32 Å². The lowest BCUT2D eigenvalue weighted by molar-refractivity contribution is 0.241. The van der Waals surface area contributed by atoms with Gasteiger partial charge in [-0.25, -0.2) is 0 Å². The van der Waals surface area contributed by atoms with Gasteiger partial charge < -0.3 is 5.32 Å². The minimum absolute atomic E-state index is 0.625. The minimum atomic E-state index is 0.625. The molecule has 3 heteroatoms. The highest BCUT2D eigenvalue weighted by Gasteiger charge is 2.31. The van der Waals surface area contributed by atoms with Crippen molar-refractivity contribution in [3.63, 3.8) is 0 Å². The molecule has 0 bridgehead atoms. The Morgan fingerprint density at radius 2 is 1.90 bits per heavy atom. The maximum Gasteiger partial charge on any atom is 0.0595 e. The van der Waals surface area contributed by atoms with Crippen LogP contribution in [0.25, 0.3) is 0 Å². The summed E-state index contributed by atoms with van der Waals surface area (Å²) in [6, 6.07) is 6.99. The Hall–Kier alpha value is -0.240. The summed E-state index contributed by atoms with van der Waals surface area (Å²) in [5, 5.41) is 5.06. The van der Waals surface area contributed by atoms with Crippen LogP contribution in [0.5, 0.6) is 0 Å². The molecule has 0 spiro atoms. The van der Waals surface area contributed by atoms with Crippen molar-refractivity contribution >= 4 is 23.2 Å².